The average molecular weight is 576 g/mol. The number of carbonyl (C=O) groups is 7. The van der Waals surface area contributed by atoms with Gasteiger partial charge in [-0.1, -0.05) is 12.1 Å². The zero-order valence-corrected chi connectivity index (χ0v) is 23.1. The van der Waals surface area contributed by atoms with Gasteiger partial charge in [-0.2, -0.15) is 0 Å². The number of imide groups is 1. The Bertz CT molecular complexity index is 1300. The zero-order valence-electron chi connectivity index (χ0n) is 22.3. The monoisotopic (exact) mass is 575 g/mol. The molecular formula is C25H29N5O9S. The number of fused-ring (bicyclic) bond motifs is 1. The normalized spacial score (nSPS) is 24.1. The minimum absolute atomic E-state index is 0.106. The lowest BCUT2D eigenvalue weighted by Gasteiger charge is -2.46. The van der Waals surface area contributed by atoms with E-state index in [1.807, 2.05) is 0 Å². The summed E-state index contributed by atoms with van der Waals surface area (Å²) in [4.78, 5) is 91.5. The first kappa shape index (κ1) is 28.9. The number of carbonyl (C=O) groups excluding carboxylic acids is 6. The van der Waals surface area contributed by atoms with Crippen molar-refractivity contribution in [1.29, 1.82) is 0 Å². The summed E-state index contributed by atoms with van der Waals surface area (Å²) in [5, 5.41) is 14.8. The summed E-state index contributed by atoms with van der Waals surface area (Å²) in [7, 11) is 0. The lowest BCUT2D eigenvalue weighted by atomic mass is 9.89. The Morgan fingerprint density at radius 2 is 1.75 bits per heavy atom. The van der Waals surface area contributed by atoms with Crippen LogP contribution in [0, 0.1) is 0 Å². The van der Waals surface area contributed by atoms with Crippen LogP contribution in [-0.4, -0.2) is 96.8 Å². The van der Waals surface area contributed by atoms with Crippen molar-refractivity contribution in [2.75, 3.05) is 19.6 Å². The predicted molar refractivity (Wildman–Crippen MR) is 138 cm³/mol. The second-order valence-electron chi connectivity index (χ2n) is 9.94. The van der Waals surface area contributed by atoms with Crippen LogP contribution < -0.4 is 15.4 Å². The summed E-state index contributed by atoms with van der Waals surface area (Å²) >= 11 is 1.23. The molecule has 15 heteroatoms. The molecule has 4 rings (SSSR count). The van der Waals surface area contributed by atoms with Gasteiger partial charge in [0.05, 0.1) is 16.5 Å². The molecule has 214 valence electrons. The van der Waals surface area contributed by atoms with Crippen molar-refractivity contribution < 1.29 is 43.4 Å². The van der Waals surface area contributed by atoms with Crippen LogP contribution in [0.1, 0.15) is 45.7 Å². The fraction of sp³-hybridized carbons (Fsp3) is 0.480. The Kier molecular flexibility index (Phi) is 7.53. The predicted octanol–water partition coefficient (Wildman–Crippen LogP) is 0.0342. The van der Waals surface area contributed by atoms with Crippen molar-refractivity contribution >= 4 is 53.4 Å². The molecule has 3 heterocycles. The van der Waals surface area contributed by atoms with E-state index >= 15 is 0 Å². The van der Waals surface area contributed by atoms with E-state index in [1.54, 1.807) is 20.8 Å². The number of rotatable bonds is 7. The number of hydrogen-bond donors (Lipinski definition) is 3. The molecular weight excluding hydrogens is 546 g/mol. The third-order valence-electron chi connectivity index (χ3n) is 7.12. The Labute approximate surface area is 233 Å². The third-order valence-corrected chi connectivity index (χ3v) is 8.66. The molecule has 0 radical (unpaired) electrons. The van der Waals surface area contributed by atoms with Gasteiger partial charge in [-0.15, -0.1) is 11.8 Å². The number of nitrogens with one attached hydrogen (secondary N) is 2. The van der Waals surface area contributed by atoms with Gasteiger partial charge in [0.25, 0.3) is 0 Å². The molecule has 14 nitrogen and oxygen atoms in total. The number of carboxylic acids is 1. The van der Waals surface area contributed by atoms with Crippen LogP contribution in [0.2, 0.25) is 0 Å². The van der Waals surface area contributed by atoms with Gasteiger partial charge in [-0.25, -0.2) is 9.59 Å². The highest BCUT2D eigenvalue weighted by atomic mass is 32.2. The maximum Gasteiger partial charge on any atom is 0.352 e. The molecule has 40 heavy (non-hydrogen) atoms. The van der Waals surface area contributed by atoms with Crippen LogP contribution in [0.5, 0.6) is 5.75 Å². The molecule has 0 spiro atoms. The van der Waals surface area contributed by atoms with E-state index in [-0.39, 0.29) is 37.4 Å². The van der Waals surface area contributed by atoms with Gasteiger partial charge in [-0.05, 0) is 38.5 Å². The SMILES string of the molecule is CCN1CCN(C(=O)NC(C(=O)N[C@@]2(C(=O)O)N3C(=O)C[C@H]3SC2(C)C)c2ccc(OC(C)=O)cc2)C(=O)C1=O. The largest absolute Gasteiger partial charge is 0.478 e. The summed E-state index contributed by atoms with van der Waals surface area (Å²) in [6, 6.07) is 2.90. The van der Waals surface area contributed by atoms with Crippen molar-refractivity contribution in [2.45, 2.75) is 55.9 Å². The Hall–Kier alpha value is -4.14. The highest BCUT2D eigenvalue weighted by Crippen LogP contribution is 2.55. The summed E-state index contributed by atoms with van der Waals surface area (Å²) in [5.41, 5.74) is -1.98. The highest BCUT2D eigenvalue weighted by molar-refractivity contribution is 8.01. The van der Waals surface area contributed by atoms with E-state index < -0.39 is 63.4 Å². The molecule has 3 aliphatic heterocycles. The Morgan fingerprint density at radius 3 is 2.30 bits per heavy atom. The number of piperazine rings is 1. The molecule has 3 saturated heterocycles. The standard InChI is InChI=1S/C25H29N5O9S/c1-5-28-10-11-29(21(35)20(28)34)23(38)26-18(14-6-8-15(9-7-14)39-13(2)31)19(33)27-25(22(36)37)24(3,4)40-17-12-16(32)30(17)25/h6-9,17-18H,5,10-12H2,1-4H3,(H,26,38)(H,27,33)(H,36,37)/t17-,18?,25+/m1/s1. The van der Waals surface area contributed by atoms with E-state index in [2.05, 4.69) is 10.6 Å². The number of likely N-dealkylation sites (N-methyl/N-ethyl adjacent to an activating group) is 1. The molecule has 0 aromatic heterocycles. The maximum atomic E-state index is 13.8. The lowest BCUT2D eigenvalue weighted by Crippen LogP contribution is -2.75. The number of aliphatic carboxylic acids is 1. The van der Waals surface area contributed by atoms with Crippen LogP contribution in [0.25, 0.3) is 0 Å². The summed E-state index contributed by atoms with van der Waals surface area (Å²) in [5.74, 6) is -5.25. The van der Waals surface area contributed by atoms with Crippen molar-refractivity contribution in [1.82, 2.24) is 25.3 Å². The number of β-lactam (4-membered cyclic amide) rings is 1. The topological polar surface area (TPSA) is 183 Å². The van der Waals surface area contributed by atoms with Crippen LogP contribution >= 0.6 is 11.8 Å². The molecule has 0 saturated carbocycles. The number of hydrogen-bond acceptors (Lipinski definition) is 9. The quantitative estimate of drug-likeness (QED) is 0.174. The first-order valence-electron chi connectivity index (χ1n) is 12.5. The minimum atomic E-state index is -2.13. The number of esters is 1. The first-order chi connectivity index (χ1) is 18.7. The molecule has 0 aliphatic carbocycles. The molecule has 1 aromatic carbocycles. The third kappa shape index (κ3) is 4.74. The summed E-state index contributed by atoms with van der Waals surface area (Å²) in [6.45, 7) is 6.35. The first-order valence-corrected chi connectivity index (χ1v) is 13.4. The van der Waals surface area contributed by atoms with E-state index in [0.717, 1.165) is 4.90 Å². The van der Waals surface area contributed by atoms with Crippen LogP contribution in [0.3, 0.4) is 0 Å². The number of thioether (sulfide) groups is 1. The maximum absolute atomic E-state index is 13.8. The van der Waals surface area contributed by atoms with Crippen molar-refractivity contribution in [3.05, 3.63) is 29.8 Å². The van der Waals surface area contributed by atoms with Crippen LogP contribution in [0.15, 0.2) is 24.3 Å². The van der Waals surface area contributed by atoms with Gasteiger partial charge >= 0.3 is 29.8 Å². The molecule has 3 atom stereocenters. The Morgan fingerprint density at radius 1 is 1.10 bits per heavy atom. The molecule has 3 aliphatic rings. The Balaban J connectivity index is 1.67. The highest BCUT2D eigenvalue weighted by Gasteiger charge is 2.70. The number of benzene rings is 1. The second kappa shape index (κ2) is 10.4. The van der Waals surface area contributed by atoms with E-state index in [4.69, 9.17) is 4.74 Å². The van der Waals surface area contributed by atoms with Gasteiger partial charge in [0, 0.05) is 26.6 Å². The molecule has 1 aromatic rings. The molecule has 3 N–H and O–H groups in total. The van der Waals surface area contributed by atoms with Crippen molar-refractivity contribution in [2.24, 2.45) is 0 Å². The smallest absolute Gasteiger partial charge is 0.352 e. The van der Waals surface area contributed by atoms with E-state index in [0.29, 0.717) is 4.90 Å². The molecule has 1 unspecified atom stereocenters. The second-order valence-corrected chi connectivity index (χ2v) is 11.7. The fourth-order valence-corrected chi connectivity index (χ4v) is 6.74. The minimum Gasteiger partial charge on any atom is -0.478 e. The zero-order chi connectivity index (χ0) is 29.6. The summed E-state index contributed by atoms with van der Waals surface area (Å²) < 4.78 is 3.86. The van der Waals surface area contributed by atoms with E-state index in [1.165, 1.54) is 47.9 Å². The fourth-order valence-electron chi connectivity index (χ4n) is 5.04. The number of urea groups is 1. The molecule has 6 amide bonds. The van der Waals surface area contributed by atoms with Gasteiger partial charge < -0.3 is 25.4 Å². The van der Waals surface area contributed by atoms with Gasteiger partial charge in [-0.3, -0.25) is 33.8 Å². The van der Waals surface area contributed by atoms with Crippen molar-refractivity contribution in [3.8, 4) is 5.75 Å². The summed E-state index contributed by atoms with van der Waals surface area (Å²) in [6.07, 6.45) is 0.122. The van der Waals surface area contributed by atoms with Gasteiger partial charge in [0.2, 0.25) is 17.5 Å². The number of nitrogens with zero attached hydrogens (tertiary/aromatic N) is 3. The number of carboxylic acid groups (broad SMARTS) is 1. The molecule has 3 fully saturated rings. The van der Waals surface area contributed by atoms with Crippen molar-refractivity contribution in [3.63, 3.8) is 0 Å². The molecule has 0 bridgehead atoms. The number of ether oxygens (including phenoxy) is 1. The van der Waals surface area contributed by atoms with Gasteiger partial charge in [0.1, 0.15) is 11.8 Å². The van der Waals surface area contributed by atoms with Gasteiger partial charge in [0.15, 0.2) is 0 Å². The average Bonchev–Trinajstić information content (AvgIpc) is 3.06. The van der Waals surface area contributed by atoms with Crippen LogP contribution in [-0.2, 0) is 28.8 Å². The lowest BCUT2D eigenvalue weighted by molar-refractivity contribution is -0.173. The van der Waals surface area contributed by atoms with Crippen LogP contribution in [0.4, 0.5) is 4.79 Å². The number of amides is 6. The van der Waals surface area contributed by atoms with E-state index in [9.17, 15) is 38.7 Å².